The summed E-state index contributed by atoms with van der Waals surface area (Å²) >= 11 is 0. The summed E-state index contributed by atoms with van der Waals surface area (Å²) in [5, 5.41) is 0. The Kier molecular flexibility index (Phi) is 49.0. The number of aldehydes is 1. The van der Waals surface area contributed by atoms with Crippen LogP contribution in [0.15, 0.2) is 12.2 Å². The summed E-state index contributed by atoms with van der Waals surface area (Å²) in [5.74, 6) is -0.289. The van der Waals surface area contributed by atoms with Crippen LogP contribution >= 0.6 is 0 Å². The number of allylic oxidation sites excluding steroid dienone is 2. The third kappa shape index (κ3) is 43.2. The highest BCUT2D eigenvalue weighted by atomic mass is 16.6. The van der Waals surface area contributed by atoms with E-state index in [-0.39, 0.29) is 17.9 Å². The van der Waals surface area contributed by atoms with Gasteiger partial charge in [0.15, 0.2) is 0 Å². The Morgan fingerprint density at radius 1 is 0.367 bits per heavy atom. The van der Waals surface area contributed by atoms with Crippen LogP contribution in [-0.2, 0) is 19.1 Å². The average Bonchev–Trinajstić information content (AvgIpc) is 3.25. The van der Waals surface area contributed by atoms with Crippen LogP contribution in [0.25, 0.3) is 0 Å². The van der Waals surface area contributed by atoms with Crippen molar-refractivity contribution in [2.24, 2.45) is 11.8 Å². The van der Waals surface area contributed by atoms with Gasteiger partial charge in [-0.05, 0) is 63.7 Å². The van der Waals surface area contributed by atoms with Gasteiger partial charge < -0.3 is 9.53 Å². The Morgan fingerprint density at radius 2 is 0.667 bits per heavy atom. The van der Waals surface area contributed by atoms with Gasteiger partial charge in [0.25, 0.3) is 0 Å². The molecule has 0 fully saturated rings. The number of rotatable bonds is 50. The van der Waals surface area contributed by atoms with Crippen molar-refractivity contribution in [1.82, 2.24) is 0 Å². The largest absolute Gasteiger partial charge is 0.393 e. The van der Waals surface area contributed by atoms with Gasteiger partial charge in [-0.15, -0.1) is 0 Å². The molecule has 60 heavy (non-hydrogen) atoms. The summed E-state index contributed by atoms with van der Waals surface area (Å²) in [6.45, 7) is 6.84. The van der Waals surface area contributed by atoms with Gasteiger partial charge in [-0.1, -0.05) is 258 Å². The minimum atomic E-state index is -0.290. The fourth-order valence-electron chi connectivity index (χ4n) is 9.11. The molecule has 0 spiro atoms. The summed E-state index contributed by atoms with van der Waals surface area (Å²) in [4.78, 5) is 37.4. The highest BCUT2D eigenvalue weighted by Crippen LogP contribution is 2.32. The van der Waals surface area contributed by atoms with Crippen LogP contribution in [0.5, 0.6) is 0 Å². The normalized spacial score (nSPS) is 12.7. The predicted molar refractivity (Wildman–Crippen MR) is 263 cm³/mol. The summed E-state index contributed by atoms with van der Waals surface area (Å²) in [5.41, 5.74) is 0. The lowest BCUT2D eigenvalue weighted by atomic mass is 9.80. The first-order chi connectivity index (χ1) is 29.6. The summed E-state index contributed by atoms with van der Waals surface area (Å²) in [7, 11) is 0. The Balaban J connectivity index is 4.90. The Hall–Kier alpha value is -1.45. The van der Waals surface area contributed by atoms with E-state index in [2.05, 4.69) is 32.9 Å². The van der Waals surface area contributed by atoms with Gasteiger partial charge in [-0.25, -0.2) is 0 Å². The first-order valence-corrected chi connectivity index (χ1v) is 27.4. The first-order valence-electron chi connectivity index (χ1n) is 27.4. The van der Waals surface area contributed by atoms with Crippen LogP contribution in [0, 0.1) is 11.8 Å². The lowest BCUT2D eigenvalue weighted by molar-refractivity contribution is -0.164. The molecular weight excluding hydrogens is 737 g/mol. The minimum absolute atomic E-state index is 0.133. The predicted octanol–water partition coefficient (Wildman–Crippen LogP) is 19.0. The van der Waals surface area contributed by atoms with E-state index >= 15 is 0 Å². The van der Waals surface area contributed by atoms with Crippen LogP contribution in [0.3, 0.4) is 0 Å². The third-order valence-corrected chi connectivity index (χ3v) is 13.2. The third-order valence-electron chi connectivity index (χ3n) is 13.2. The molecule has 0 bridgehead atoms. The van der Waals surface area contributed by atoms with Crippen LogP contribution in [0.1, 0.15) is 316 Å². The molecule has 0 aromatic rings. The van der Waals surface area contributed by atoms with Gasteiger partial charge >= 0.3 is 11.9 Å². The van der Waals surface area contributed by atoms with E-state index in [9.17, 15) is 14.4 Å². The van der Waals surface area contributed by atoms with Crippen LogP contribution in [-0.4, -0.2) is 18.2 Å². The van der Waals surface area contributed by atoms with E-state index in [4.69, 9.17) is 4.74 Å². The van der Waals surface area contributed by atoms with Crippen molar-refractivity contribution >= 4 is 18.2 Å². The van der Waals surface area contributed by atoms with Crippen molar-refractivity contribution in [2.75, 3.05) is 0 Å². The van der Waals surface area contributed by atoms with E-state index in [1.54, 1.807) is 0 Å². The summed E-state index contributed by atoms with van der Waals surface area (Å²) in [6.07, 6.45) is 61.8. The molecular formula is C56H106O4. The topological polar surface area (TPSA) is 60.4 Å². The fourth-order valence-corrected chi connectivity index (χ4v) is 9.11. The molecule has 354 valence electrons. The van der Waals surface area contributed by atoms with Crippen LogP contribution < -0.4 is 0 Å². The lowest BCUT2D eigenvalue weighted by Gasteiger charge is -2.26. The van der Waals surface area contributed by atoms with E-state index in [0.717, 1.165) is 64.1 Å². The van der Waals surface area contributed by atoms with Gasteiger partial charge in [-0.3, -0.25) is 9.59 Å². The molecule has 0 saturated heterocycles. The van der Waals surface area contributed by atoms with Crippen LogP contribution in [0.4, 0.5) is 0 Å². The number of carbonyl (C=O) groups excluding carboxylic acids is 3. The minimum Gasteiger partial charge on any atom is -0.393 e. The number of unbranched alkanes of at least 4 members (excludes halogenated alkanes) is 37. The molecule has 0 saturated carbocycles. The SMILES string of the molecule is CCCCCCCCC=CCCCCCCCC(=O)OC(=O)C(CCCCCCCCCCCCCCCC=O)C(CCCCCCCC)CCCCCCCCCCC. The molecule has 0 N–H and O–H groups in total. The van der Waals surface area contributed by atoms with Crippen molar-refractivity contribution in [2.45, 2.75) is 316 Å². The van der Waals surface area contributed by atoms with Crippen molar-refractivity contribution < 1.29 is 19.1 Å². The first kappa shape index (κ1) is 58.6. The highest BCUT2D eigenvalue weighted by Gasteiger charge is 2.30. The van der Waals surface area contributed by atoms with Gasteiger partial charge in [0.2, 0.25) is 0 Å². The van der Waals surface area contributed by atoms with Gasteiger partial charge in [0, 0.05) is 12.8 Å². The Labute approximate surface area is 376 Å². The number of hydrogen-bond acceptors (Lipinski definition) is 4. The fraction of sp³-hybridized carbons (Fsp3) is 0.911. The zero-order chi connectivity index (χ0) is 43.7. The lowest BCUT2D eigenvalue weighted by Crippen LogP contribution is -2.28. The molecule has 0 aliphatic carbocycles. The Morgan fingerprint density at radius 3 is 1.03 bits per heavy atom. The molecule has 0 aliphatic heterocycles. The second kappa shape index (κ2) is 50.2. The maximum atomic E-state index is 13.9. The van der Waals surface area contributed by atoms with E-state index in [1.807, 2.05) is 0 Å². The number of esters is 2. The van der Waals surface area contributed by atoms with Crippen molar-refractivity contribution in [3.05, 3.63) is 12.2 Å². The molecule has 4 heteroatoms. The van der Waals surface area contributed by atoms with Gasteiger partial charge in [0.1, 0.15) is 6.29 Å². The van der Waals surface area contributed by atoms with Gasteiger partial charge in [-0.2, -0.15) is 0 Å². The quantitative estimate of drug-likeness (QED) is 0.0201. The molecule has 0 heterocycles. The molecule has 0 aliphatic rings. The molecule has 0 radical (unpaired) electrons. The summed E-state index contributed by atoms with van der Waals surface area (Å²) < 4.78 is 5.74. The molecule has 2 unspecified atom stereocenters. The molecule has 0 rings (SSSR count). The molecule has 0 amide bonds. The van der Waals surface area contributed by atoms with Crippen molar-refractivity contribution in [3.63, 3.8) is 0 Å². The number of hydrogen-bond donors (Lipinski definition) is 0. The second-order valence-corrected chi connectivity index (χ2v) is 19.0. The second-order valence-electron chi connectivity index (χ2n) is 19.0. The molecule has 0 aromatic carbocycles. The average molecular weight is 843 g/mol. The summed E-state index contributed by atoms with van der Waals surface area (Å²) in [6, 6.07) is 0. The molecule has 0 aromatic heterocycles. The van der Waals surface area contributed by atoms with Gasteiger partial charge in [0.05, 0.1) is 5.92 Å². The standard InChI is InChI=1S/C56H106O4/c1-4-7-10-13-16-18-19-20-21-25-28-32-36-41-46-51-55(58)60-56(59)54(50-45-40-35-31-27-24-22-23-26-29-33-37-42-47-52-57)53(48-43-38-15-12-9-6-3)49-44-39-34-30-17-14-11-8-5-2/h20-21,52-54H,4-19,22-51H2,1-3H3. The monoisotopic (exact) mass is 843 g/mol. The zero-order valence-electron chi connectivity index (χ0n) is 41.0. The Bertz CT molecular complexity index is 911. The number of ether oxygens (including phenoxy) is 1. The maximum Gasteiger partial charge on any atom is 0.316 e. The molecule has 2 atom stereocenters. The molecule has 4 nitrogen and oxygen atoms in total. The van der Waals surface area contributed by atoms with E-state index in [0.29, 0.717) is 12.3 Å². The van der Waals surface area contributed by atoms with Crippen LogP contribution in [0.2, 0.25) is 0 Å². The van der Waals surface area contributed by atoms with Crippen molar-refractivity contribution in [3.8, 4) is 0 Å². The van der Waals surface area contributed by atoms with Crippen molar-refractivity contribution in [1.29, 1.82) is 0 Å². The zero-order valence-corrected chi connectivity index (χ0v) is 41.0. The maximum absolute atomic E-state index is 13.9. The highest BCUT2D eigenvalue weighted by molar-refractivity contribution is 5.86. The van der Waals surface area contributed by atoms with E-state index in [1.165, 1.54) is 231 Å². The number of carbonyl (C=O) groups is 3. The smallest absolute Gasteiger partial charge is 0.316 e. The van der Waals surface area contributed by atoms with E-state index < -0.39 is 0 Å².